The number of aliphatic hydroxyl groups is 1. The number of hydrogen-bond donors (Lipinski definition) is 1. The summed E-state index contributed by atoms with van der Waals surface area (Å²) in [4.78, 5) is 3.94. The van der Waals surface area contributed by atoms with Crippen LogP contribution in [-0.2, 0) is 0 Å². The first kappa shape index (κ1) is 13.5. The molecule has 1 unspecified atom stereocenters. The largest absolute Gasteiger partial charge is 0.388 e. The number of halogens is 1. The van der Waals surface area contributed by atoms with Gasteiger partial charge in [-0.15, -0.1) is 0 Å². The zero-order chi connectivity index (χ0) is 12.0. The lowest BCUT2D eigenvalue weighted by molar-refractivity contribution is 0.0965. The average Bonchev–Trinajstić information content (AvgIpc) is 2.28. The zero-order valence-electron chi connectivity index (χ0n) is 9.99. The van der Waals surface area contributed by atoms with Crippen LogP contribution in [0.25, 0.3) is 0 Å². The third kappa shape index (κ3) is 3.46. The topological polar surface area (TPSA) is 33.1 Å². The highest BCUT2D eigenvalue weighted by Crippen LogP contribution is 2.32. The third-order valence-electron chi connectivity index (χ3n) is 2.89. The van der Waals surface area contributed by atoms with Gasteiger partial charge in [-0.25, -0.2) is 0 Å². The van der Waals surface area contributed by atoms with E-state index in [9.17, 15) is 5.11 Å². The van der Waals surface area contributed by atoms with Crippen molar-refractivity contribution in [3.05, 3.63) is 29.0 Å². The summed E-state index contributed by atoms with van der Waals surface area (Å²) in [7, 11) is 0. The molecule has 0 aliphatic heterocycles. The lowest BCUT2D eigenvalue weighted by Gasteiger charge is -2.23. The van der Waals surface area contributed by atoms with Gasteiger partial charge in [0.15, 0.2) is 0 Å². The highest BCUT2D eigenvalue weighted by atomic mass is 35.5. The molecule has 1 rings (SSSR count). The van der Waals surface area contributed by atoms with Crippen LogP contribution in [0.3, 0.4) is 0 Å². The molecule has 3 heteroatoms. The highest BCUT2D eigenvalue weighted by Gasteiger charge is 2.21. The van der Waals surface area contributed by atoms with Crippen LogP contribution < -0.4 is 0 Å². The van der Waals surface area contributed by atoms with Crippen LogP contribution in [0.15, 0.2) is 18.5 Å². The normalized spacial score (nSPS) is 13.1. The molecule has 16 heavy (non-hydrogen) atoms. The van der Waals surface area contributed by atoms with Crippen LogP contribution in [-0.4, -0.2) is 10.1 Å². The van der Waals surface area contributed by atoms with E-state index in [1.807, 2.05) is 6.07 Å². The molecule has 0 bridgehead atoms. The predicted molar refractivity (Wildman–Crippen MR) is 67.5 cm³/mol. The molecule has 2 nitrogen and oxygen atoms in total. The number of hydrogen-bond acceptors (Lipinski definition) is 2. The maximum atomic E-state index is 10.3. The Balaban J connectivity index is 2.81. The summed E-state index contributed by atoms with van der Waals surface area (Å²) in [6.07, 6.45) is 7.06. The van der Waals surface area contributed by atoms with Crippen LogP contribution in [0.4, 0.5) is 0 Å². The van der Waals surface area contributed by atoms with Crippen LogP contribution in [0.5, 0.6) is 0 Å². The second-order valence-corrected chi connectivity index (χ2v) is 4.59. The first-order valence-electron chi connectivity index (χ1n) is 5.98. The number of aromatic nitrogens is 1. The molecule has 0 saturated heterocycles. The minimum absolute atomic E-state index is 0.301. The molecular weight excluding hydrogens is 222 g/mol. The van der Waals surface area contributed by atoms with E-state index in [-0.39, 0.29) is 0 Å². The van der Waals surface area contributed by atoms with Crippen LogP contribution in [0.1, 0.15) is 51.2 Å². The van der Waals surface area contributed by atoms with E-state index in [1.54, 1.807) is 12.4 Å². The van der Waals surface area contributed by atoms with E-state index >= 15 is 0 Å². The smallest absolute Gasteiger partial charge is 0.0833 e. The summed E-state index contributed by atoms with van der Waals surface area (Å²) in [5.41, 5.74) is 0.809. The van der Waals surface area contributed by atoms with Gasteiger partial charge in [0.1, 0.15) is 0 Å². The first-order chi connectivity index (χ1) is 7.70. The molecular formula is C13H20ClNO. The highest BCUT2D eigenvalue weighted by molar-refractivity contribution is 6.31. The Kier molecular flexibility index (Phi) is 5.78. The van der Waals surface area contributed by atoms with Crippen molar-refractivity contribution in [3.8, 4) is 0 Å². The molecule has 1 N–H and O–H groups in total. The van der Waals surface area contributed by atoms with Crippen molar-refractivity contribution in [1.29, 1.82) is 0 Å². The SMILES string of the molecule is CCCC(CCC)C(O)c1ccncc1Cl. The number of nitrogens with zero attached hydrogens (tertiary/aromatic N) is 1. The summed E-state index contributed by atoms with van der Waals surface area (Å²) >= 11 is 6.04. The Hall–Kier alpha value is -0.600. The molecule has 1 aromatic heterocycles. The van der Waals surface area contributed by atoms with Gasteiger partial charge in [-0.05, 0) is 24.8 Å². The maximum absolute atomic E-state index is 10.3. The molecule has 0 aliphatic carbocycles. The lowest BCUT2D eigenvalue weighted by atomic mass is 9.89. The van der Waals surface area contributed by atoms with Crippen LogP contribution in [0.2, 0.25) is 5.02 Å². The zero-order valence-corrected chi connectivity index (χ0v) is 10.7. The number of rotatable bonds is 6. The Bertz CT molecular complexity index is 311. The molecule has 0 aromatic carbocycles. The fraction of sp³-hybridized carbons (Fsp3) is 0.615. The van der Waals surface area contributed by atoms with E-state index in [0.29, 0.717) is 10.9 Å². The lowest BCUT2D eigenvalue weighted by Crippen LogP contribution is -2.13. The predicted octanol–water partition coefficient (Wildman–Crippen LogP) is 3.98. The summed E-state index contributed by atoms with van der Waals surface area (Å²) in [5.74, 6) is 0.301. The van der Waals surface area contributed by atoms with Crippen molar-refractivity contribution < 1.29 is 5.11 Å². The summed E-state index contributed by atoms with van der Waals surface area (Å²) in [6, 6.07) is 1.81. The van der Waals surface area contributed by atoms with E-state index in [0.717, 1.165) is 31.2 Å². The Labute approximate surface area is 103 Å². The van der Waals surface area contributed by atoms with E-state index in [2.05, 4.69) is 18.8 Å². The summed E-state index contributed by atoms with van der Waals surface area (Å²) in [5, 5.41) is 10.9. The van der Waals surface area contributed by atoms with Crippen LogP contribution in [0, 0.1) is 5.92 Å². The van der Waals surface area contributed by atoms with Crippen LogP contribution >= 0.6 is 11.6 Å². The van der Waals surface area contributed by atoms with Crippen molar-refractivity contribution in [3.63, 3.8) is 0 Å². The molecule has 1 atom stereocenters. The first-order valence-corrected chi connectivity index (χ1v) is 6.35. The van der Waals surface area contributed by atoms with Crippen molar-refractivity contribution in [2.24, 2.45) is 5.92 Å². The van der Waals surface area contributed by atoms with Crippen molar-refractivity contribution in [2.75, 3.05) is 0 Å². The standard InChI is InChI=1S/C13H20ClNO/c1-3-5-10(6-4-2)13(16)11-7-8-15-9-12(11)14/h7-10,13,16H,3-6H2,1-2H3. The fourth-order valence-corrected chi connectivity index (χ4v) is 2.31. The molecule has 0 amide bonds. The molecule has 1 aromatic rings. The molecule has 0 saturated carbocycles. The molecule has 90 valence electrons. The molecule has 0 spiro atoms. The summed E-state index contributed by atoms with van der Waals surface area (Å²) in [6.45, 7) is 4.28. The molecule has 0 fully saturated rings. The van der Waals surface area contributed by atoms with Gasteiger partial charge in [-0.2, -0.15) is 0 Å². The summed E-state index contributed by atoms with van der Waals surface area (Å²) < 4.78 is 0. The van der Waals surface area contributed by atoms with Gasteiger partial charge in [-0.3, -0.25) is 4.98 Å². The van der Waals surface area contributed by atoms with E-state index in [1.165, 1.54) is 0 Å². The minimum atomic E-state index is -0.463. The monoisotopic (exact) mass is 241 g/mol. The van der Waals surface area contributed by atoms with Gasteiger partial charge >= 0.3 is 0 Å². The maximum Gasteiger partial charge on any atom is 0.0833 e. The van der Waals surface area contributed by atoms with Crippen molar-refractivity contribution in [1.82, 2.24) is 4.98 Å². The van der Waals surface area contributed by atoms with Gasteiger partial charge in [0.25, 0.3) is 0 Å². The van der Waals surface area contributed by atoms with Crippen molar-refractivity contribution in [2.45, 2.75) is 45.6 Å². The average molecular weight is 242 g/mol. The van der Waals surface area contributed by atoms with Crippen molar-refractivity contribution >= 4 is 11.6 Å². The quantitative estimate of drug-likeness (QED) is 0.817. The van der Waals surface area contributed by atoms with E-state index < -0.39 is 6.10 Å². The molecule has 1 heterocycles. The van der Waals surface area contributed by atoms with Gasteiger partial charge in [0.2, 0.25) is 0 Å². The Morgan fingerprint density at radius 1 is 1.31 bits per heavy atom. The number of pyridine rings is 1. The van der Waals surface area contributed by atoms with Gasteiger partial charge in [0.05, 0.1) is 11.1 Å². The van der Waals surface area contributed by atoms with Gasteiger partial charge in [0, 0.05) is 18.0 Å². The molecule has 0 radical (unpaired) electrons. The second kappa shape index (κ2) is 6.87. The van der Waals surface area contributed by atoms with E-state index in [4.69, 9.17) is 11.6 Å². The van der Waals surface area contributed by atoms with Gasteiger partial charge < -0.3 is 5.11 Å². The number of aliphatic hydroxyl groups excluding tert-OH is 1. The minimum Gasteiger partial charge on any atom is -0.388 e. The Morgan fingerprint density at radius 3 is 2.44 bits per heavy atom. The second-order valence-electron chi connectivity index (χ2n) is 4.18. The third-order valence-corrected chi connectivity index (χ3v) is 3.20. The molecule has 0 aliphatic rings. The van der Waals surface area contributed by atoms with Gasteiger partial charge in [-0.1, -0.05) is 38.3 Å². The Morgan fingerprint density at radius 2 is 1.94 bits per heavy atom. The fourth-order valence-electron chi connectivity index (χ4n) is 2.08.